The van der Waals surface area contributed by atoms with E-state index in [2.05, 4.69) is 86.8 Å². The Bertz CT molecular complexity index is 1570. The van der Waals surface area contributed by atoms with Gasteiger partial charge in [0.1, 0.15) is 19.3 Å². The summed E-state index contributed by atoms with van der Waals surface area (Å²) in [5, 5.41) is 3.03. The SMILES string of the molecule is CCCCC/C=C\C/C=C\C/C=C\CCCCCCCCCCCCC(=O)OC(/C=C\CCCCCCCCCCCC)C(COP(=O)([O-])OCC[N+](C)(C)C)NC(=O)CCCCCCCCC/C=C\C/C=C\CCCCC. The number of allylic oxidation sites excluding steroid dienone is 11. The Kier molecular flexibility index (Phi) is 55.8. The fraction of sp³-hybridized carbons (Fsp3) is 0.794. The standard InChI is InChI=1S/C68H125N2O7P/c1-7-10-13-16-19-22-25-28-30-32-33-34-35-36-37-39-41-43-46-49-52-55-58-61-68(72)77-66(59-56-53-50-47-44-27-24-21-18-15-12-9-3)65(64-76-78(73,74)75-63-62-70(4,5)6)69-67(71)60-57-54-51-48-45-42-40-38-31-29-26-23-20-17-14-11-8-2/h19-20,22-23,28-31,33-34,56,59,65-66H,7-18,21,24-27,32,35-55,57-58,60-64H2,1-6H3,(H-,69,71,73,74)/b22-19-,23-20-,30-28-,31-29-,34-33-,59-56-. The third-order valence-corrected chi connectivity index (χ3v) is 15.3. The van der Waals surface area contributed by atoms with Gasteiger partial charge < -0.3 is 28.5 Å². The lowest BCUT2D eigenvalue weighted by Crippen LogP contribution is -2.47. The van der Waals surface area contributed by atoms with Crippen LogP contribution in [0.4, 0.5) is 0 Å². The lowest BCUT2D eigenvalue weighted by atomic mass is 10.0. The number of amides is 1. The fourth-order valence-corrected chi connectivity index (χ4v) is 9.99. The molecule has 3 atom stereocenters. The smallest absolute Gasteiger partial charge is 0.306 e. The Labute approximate surface area is 483 Å². The topological polar surface area (TPSA) is 114 Å². The molecule has 0 heterocycles. The summed E-state index contributed by atoms with van der Waals surface area (Å²) < 4.78 is 30.4. The zero-order valence-corrected chi connectivity index (χ0v) is 52.8. The molecule has 0 radical (unpaired) electrons. The molecule has 1 N–H and O–H groups in total. The maximum absolute atomic E-state index is 13.5. The summed E-state index contributed by atoms with van der Waals surface area (Å²) in [4.78, 5) is 40.1. The van der Waals surface area contributed by atoms with Crippen molar-refractivity contribution in [1.82, 2.24) is 5.32 Å². The number of hydrogen-bond acceptors (Lipinski definition) is 7. The molecule has 0 fully saturated rings. The molecule has 0 aliphatic carbocycles. The zero-order valence-electron chi connectivity index (χ0n) is 51.9. The summed E-state index contributed by atoms with van der Waals surface area (Å²) in [6.45, 7) is 6.80. The molecule has 9 nitrogen and oxygen atoms in total. The molecule has 10 heteroatoms. The maximum Gasteiger partial charge on any atom is 0.306 e. The van der Waals surface area contributed by atoms with Crippen molar-refractivity contribution < 1.29 is 37.3 Å². The third kappa shape index (κ3) is 58.1. The average molecular weight is 1110 g/mol. The molecule has 0 aliphatic rings. The number of phosphoric ester groups is 1. The molecule has 454 valence electrons. The minimum atomic E-state index is -4.70. The predicted octanol–water partition coefficient (Wildman–Crippen LogP) is 19.8. The number of ether oxygens (including phenoxy) is 1. The van der Waals surface area contributed by atoms with Gasteiger partial charge in [-0.15, -0.1) is 0 Å². The molecule has 78 heavy (non-hydrogen) atoms. The number of nitrogens with one attached hydrogen (secondary N) is 1. The molecule has 0 bridgehead atoms. The first-order chi connectivity index (χ1) is 37.9. The summed E-state index contributed by atoms with van der Waals surface area (Å²) in [5.41, 5.74) is 0. The molecule has 0 saturated heterocycles. The summed E-state index contributed by atoms with van der Waals surface area (Å²) in [7, 11) is 1.18. The van der Waals surface area contributed by atoms with Crippen LogP contribution in [0.25, 0.3) is 0 Å². The quantitative estimate of drug-likeness (QED) is 0.0212. The van der Waals surface area contributed by atoms with Crippen LogP contribution < -0.4 is 10.2 Å². The number of unbranched alkanes of at least 4 members (excludes halogenated alkanes) is 33. The summed E-state index contributed by atoms with van der Waals surface area (Å²) >= 11 is 0. The molecule has 0 spiro atoms. The van der Waals surface area contributed by atoms with Crippen LogP contribution in [-0.4, -0.2) is 69.4 Å². The number of carbonyl (C=O) groups excluding carboxylic acids is 2. The van der Waals surface area contributed by atoms with E-state index in [1.54, 1.807) is 0 Å². The number of phosphoric acid groups is 1. The van der Waals surface area contributed by atoms with Gasteiger partial charge in [-0.2, -0.15) is 0 Å². The van der Waals surface area contributed by atoms with Crippen LogP contribution in [0.1, 0.15) is 297 Å². The van der Waals surface area contributed by atoms with Crippen molar-refractivity contribution in [2.45, 2.75) is 309 Å². The van der Waals surface area contributed by atoms with Crippen LogP contribution in [0, 0.1) is 0 Å². The second kappa shape index (κ2) is 57.7. The number of hydrogen-bond donors (Lipinski definition) is 1. The van der Waals surface area contributed by atoms with E-state index in [4.69, 9.17) is 13.8 Å². The number of likely N-dealkylation sites (N-methyl/N-ethyl adjacent to an activating group) is 1. The van der Waals surface area contributed by atoms with Crippen molar-refractivity contribution in [1.29, 1.82) is 0 Å². The molecule has 3 unspecified atom stereocenters. The van der Waals surface area contributed by atoms with Gasteiger partial charge in [0, 0.05) is 12.8 Å². The largest absolute Gasteiger partial charge is 0.756 e. The normalized spacial score (nSPS) is 14.1. The highest BCUT2D eigenvalue weighted by molar-refractivity contribution is 7.45. The lowest BCUT2D eigenvalue weighted by molar-refractivity contribution is -0.870. The second-order valence-electron chi connectivity index (χ2n) is 23.3. The van der Waals surface area contributed by atoms with E-state index >= 15 is 0 Å². The molecular weight excluding hydrogens is 988 g/mol. The first-order valence-electron chi connectivity index (χ1n) is 32.7. The third-order valence-electron chi connectivity index (χ3n) is 14.4. The van der Waals surface area contributed by atoms with Crippen molar-refractivity contribution in [3.8, 4) is 0 Å². The first-order valence-corrected chi connectivity index (χ1v) is 34.2. The van der Waals surface area contributed by atoms with Crippen LogP contribution in [0.5, 0.6) is 0 Å². The summed E-state index contributed by atoms with van der Waals surface area (Å²) in [5.74, 6) is -0.550. The predicted molar refractivity (Wildman–Crippen MR) is 335 cm³/mol. The van der Waals surface area contributed by atoms with Gasteiger partial charge in [-0.25, -0.2) is 0 Å². The number of quaternary nitrogens is 1. The molecule has 0 saturated carbocycles. The van der Waals surface area contributed by atoms with Gasteiger partial charge >= 0.3 is 5.97 Å². The van der Waals surface area contributed by atoms with Gasteiger partial charge in [-0.05, 0) is 102 Å². The minimum absolute atomic E-state index is 0.0264. The number of rotatable bonds is 59. The molecule has 0 rings (SSSR count). The van der Waals surface area contributed by atoms with Crippen LogP contribution in [0.3, 0.4) is 0 Å². The van der Waals surface area contributed by atoms with Gasteiger partial charge in [0.15, 0.2) is 0 Å². The number of esters is 1. The van der Waals surface area contributed by atoms with E-state index < -0.39 is 26.6 Å². The highest BCUT2D eigenvalue weighted by Gasteiger charge is 2.27. The van der Waals surface area contributed by atoms with Gasteiger partial charge in [-0.1, -0.05) is 255 Å². The molecule has 0 aliphatic heterocycles. The summed E-state index contributed by atoms with van der Waals surface area (Å²) in [6, 6.07) is -0.896. The van der Waals surface area contributed by atoms with Gasteiger partial charge in [0.25, 0.3) is 7.82 Å². The lowest BCUT2D eigenvalue weighted by Gasteiger charge is -2.30. The van der Waals surface area contributed by atoms with Gasteiger partial charge in [0.2, 0.25) is 5.91 Å². The van der Waals surface area contributed by atoms with E-state index in [1.165, 1.54) is 167 Å². The number of nitrogens with zero attached hydrogens (tertiary/aromatic N) is 1. The van der Waals surface area contributed by atoms with Crippen molar-refractivity contribution in [3.05, 3.63) is 72.9 Å². The maximum atomic E-state index is 13.5. The highest BCUT2D eigenvalue weighted by atomic mass is 31.2. The summed E-state index contributed by atoms with van der Waals surface area (Å²) in [6.07, 6.45) is 74.3. The van der Waals surface area contributed by atoms with E-state index in [-0.39, 0.29) is 24.9 Å². The van der Waals surface area contributed by atoms with E-state index in [0.29, 0.717) is 17.4 Å². The first kappa shape index (κ1) is 75.5. The Morgan fingerprint density at radius 2 is 0.782 bits per heavy atom. The Balaban J connectivity index is 5.18. The van der Waals surface area contributed by atoms with Crippen LogP contribution in [0.2, 0.25) is 0 Å². The Morgan fingerprint density at radius 3 is 1.19 bits per heavy atom. The van der Waals surface area contributed by atoms with E-state index in [9.17, 15) is 19.0 Å². The van der Waals surface area contributed by atoms with Crippen molar-refractivity contribution >= 4 is 19.7 Å². The van der Waals surface area contributed by atoms with Crippen molar-refractivity contribution in [2.24, 2.45) is 0 Å². The monoisotopic (exact) mass is 1110 g/mol. The zero-order chi connectivity index (χ0) is 57.2. The molecular formula is C68H125N2O7P. The molecule has 0 aromatic rings. The highest BCUT2D eigenvalue weighted by Crippen LogP contribution is 2.38. The van der Waals surface area contributed by atoms with Gasteiger partial charge in [0.05, 0.1) is 33.8 Å². The van der Waals surface area contributed by atoms with E-state index in [1.807, 2.05) is 33.3 Å². The van der Waals surface area contributed by atoms with Crippen LogP contribution >= 0.6 is 7.82 Å². The second-order valence-corrected chi connectivity index (χ2v) is 24.7. The van der Waals surface area contributed by atoms with Crippen molar-refractivity contribution in [2.75, 3.05) is 40.9 Å². The Morgan fingerprint density at radius 1 is 0.449 bits per heavy atom. The molecule has 1 amide bonds. The van der Waals surface area contributed by atoms with E-state index in [0.717, 1.165) is 96.3 Å². The molecule has 0 aromatic heterocycles. The Hall–Kier alpha value is -2.55. The van der Waals surface area contributed by atoms with Crippen molar-refractivity contribution in [3.63, 3.8) is 0 Å². The fourth-order valence-electron chi connectivity index (χ4n) is 9.27. The van der Waals surface area contributed by atoms with Crippen LogP contribution in [-0.2, 0) is 27.9 Å². The number of carbonyl (C=O) groups is 2. The minimum Gasteiger partial charge on any atom is -0.756 e. The van der Waals surface area contributed by atoms with Crippen LogP contribution in [0.15, 0.2) is 72.9 Å². The molecule has 0 aromatic carbocycles. The average Bonchev–Trinajstić information content (AvgIpc) is 3.40. The van der Waals surface area contributed by atoms with Gasteiger partial charge in [-0.3, -0.25) is 14.2 Å².